The molecule has 0 spiro atoms. The highest BCUT2D eigenvalue weighted by atomic mass is 79.9. The fourth-order valence-electron chi connectivity index (χ4n) is 1.34. The van der Waals surface area contributed by atoms with Crippen LogP contribution >= 0.6 is 27.5 Å². The predicted octanol–water partition coefficient (Wildman–Crippen LogP) is 3.43. The molecule has 5 heteroatoms. The lowest BCUT2D eigenvalue weighted by Crippen LogP contribution is -2.31. The van der Waals surface area contributed by atoms with Crippen LogP contribution in [0.1, 0.15) is 20.3 Å². The Morgan fingerprint density at radius 2 is 2.18 bits per heavy atom. The molecule has 0 aliphatic carbocycles. The van der Waals surface area contributed by atoms with Gasteiger partial charge in [-0.1, -0.05) is 27.5 Å². The molecular weight excluding hydrogens is 304 g/mol. The van der Waals surface area contributed by atoms with Gasteiger partial charge in [-0.3, -0.25) is 4.79 Å². The number of carbonyl (C=O) groups excluding carboxylic acids is 1. The molecule has 1 aromatic carbocycles. The van der Waals surface area contributed by atoms with E-state index in [1.54, 1.807) is 0 Å². The van der Waals surface area contributed by atoms with E-state index in [2.05, 4.69) is 26.6 Å². The van der Waals surface area contributed by atoms with Gasteiger partial charge >= 0.3 is 0 Å². The third-order valence-electron chi connectivity index (χ3n) is 2.05. The maximum absolute atomic E-state index is 11.4. The van der Waals surface area contributed by atoms with Crippen LogP contribution in [0.3, 0.4) is 0 Å². The van der Waals surface area contributed by atoms with Crippen LogP contribution in [0.2, 0.25) is 5.02 Å². The molecule has 17 heavy (non-hydrogen) atoms. The molecule has 0 atom stereocenters. The van der Waals surface area contributed by atoms with Crippen LogP contribution in [0.25, 0.3) is 0 Å². The van der Waals surface area contributed by atoms with Crippen molar-refractivity contribution in [1.82, 2.24) is 5.32 Å². The number of nitrogens with one attached hydrogen (secondary N) is 2. The minimum absolute atomic E-state index is 0.0404. The van der Waals surface area contributed by atoms with Crippen LogP contribution < -0.4 is 10.6 Å². The van der Waals surface area contributed by atoms with Crippen molar-refractivity contribution in [3.63, 3.8) is 0 Å². The summed E-state index contributed by atoms with van der Waals surface area (Å²) in [6.07, 6.45) is 0.432. The summed E-state index contributed by atoms with van der Waals surface area (Å²) in [5, 5.41) is 6.62. The zero-order valence-corrected chi connectivity index (χ0v) is 12.2. The highest BCUT2D eigenvalue weighted by Crippen LogP contribution is 2.25. The van der Waals surface area contributed by atoms with E-state index in [-0.39, 0.29) is 11.9 Å². The van der Waals surface area contributed by atoms with Crippen molar-refractivity contribution in [3.05, 3.63) is 27.7 Å². The molecule has 0 unspecified atom stereocenters. The molecule has 0 fully saturated rings. The first-order valence-corrected chi connectivity index (χ1v) is 6.64. The van der Waals surface area contributed by atoms with Gasteiger partial charge in [0.1, 0.15) is 0 Å². The van der Waals surface area contributed by atoms with Gasteiger partial charge in [-0.25, -0.2) is 0 Å². The molecule has 3 nitrogen and oxygen atoms in total. The van der Waals surface area contributed by atoms with E-state index in [1.165, 1.54) is 0 Å². The second-order valence-electron chi connectivity index (χ2n) is 4.02. The zero-order valence-electron chi connectivity index (χ0n) is 9.89. The van der Waals surface area contributed by atoms with Gasteiger partial charge in [-0.2, -0.15) is 0 Å². The van der Waals surface area contributed by atoms with Crippen molar-refractivity contribution < 1.29 is 4.79 Å². The molecule has 1 amide bonds. The summed E-state index contributed by atoms with van der Waals surface area (Å²) in [5.41, 5.74) is 0.832. The Hall–Kier alpha value is -0.740. The number of halogens is 2. The van der Waals surface area contributed by atoms with Gasteiger partial charge in [0.05, 0.1) is 10.7 Å². The quantitative estimate of drug-likeness (QED) is 0.873. The molecule has 0 heterocycles. The van der Waals surface area contributed by atoms with Crippen LogP contribution in [0.15, 0.2) is 22.7 Å². The first-order valence-electron chi connectivity index (χ1n) is 5.47. The van der Waals surface area contributed by atoms with Crippen molar-refractivity contribution in [2.75, 3.05) is 11.9 Å². The highest BCUT2D eigenvalue weighted by Gasteiger charge is 2.04. The average molecular weight is 320 g/mol. The predicted molar refractivity (Wildman–Crippen MR) is 75.5 cm³/mol. The minimum Gasteiger partial charge on any atom is -0.383 e. The maximum Gasteiger partial charge on any atom is 0.221 e. The Morgan fingerprint density at radius 1 is 1.47 bits per heavy atom. The molecule has 94 valence electrons. The van der Waals surface area contributed by atoms with Crippen LogP contribution in [-0.2, 0) is 4.79 Å². The van der Waals surface area contributed by atoms with Gasteiger partial charge in [0.2, 0.25) is 5.91 Å². The van der Waals surface area contributed by atoms with Crippen LogP contribution in [0.5, 0.6) is 0 Å². The van der Waals surface area contributed by atoms with Crippen molar-refractivity contribution in [2.24, 2.45) is 0 Å². The molecule has 0 bridgehead atoms. The molecule has 0 radical (unpaired) electrons. The third kappa shape index (κ3) is 5.41. The largest absolute Gasteiger partial charge is 0.383 e. The van der Waals surface area contributed by atoms with E-state index >= 15 is 0 Å². The molecule has 0 aliphatic rings. The maximum atomic E-state index is 11.4. The van der Waals surface area contributed by atoms with Crippen molar-refractivity contribution in [3.8, 4) is 0 Å². The first kappa shape index (κ1) is 14.3. The van der Waals surface area contributed by atoms with Crippen LogP contribution in [-0.4, -0.2) is 18.5 Å². The third-order valence-corrected chi connectivity index (χ3v) is 2.87. The highest BCUT2D eigenvalue weighted by molar-refractivity contribution is 9.10. The van der Waals surface area contributed by atoms with Crippen molar-refractivity contribution in [1.29, 1.82) is 0 Å². The summed E-state index contributed by atoms with van der Waals surface area (Å²) in [6.45, 7) is 4.45. The Morgan fingerprint density at radius 3 is 2.82 bits per heavy atom. The average Bonchev–Trinajstić information content (AvgIpc) is 2.22. The second kappa shape index (κ2) is 6.87. The summed E-state index contributed by atoms with van der Waals surface area (Å²) in [5.74, 6) is 0.0404. The van der Waals surface area contributed by atoms with E-state index in [0.29, 0.717) is 18.0 Å². The van der Waals surface area contributed by atoms with E-state index in [1.807, 2.05) is 32.0 Å². The Labute approximate surface area is 115 Å². The summed E-state index contributed by atoms with van der Waals surface area (Å²) in [4.78, 5) is 11.4. The molecule has 0 saturated carbocycles. The standard InChI is InChI=1S/C12H16BrClN2O/c1-8(2)16-12(17)5-6-15-11-7-9(13)3-4-10(11)14/h3-4,7-8,15H,5-6H2,1-2H3,(H,16,17). The SMILES string of the molecule is CC(C)NC(=O)CCNc1cc(Br)ccc1Cl. The molecule has 2 N–H and O–H groups in total. The first-order chi connectivity index (χ1) is 7.99. The molecule has 1 rings (SSSR count). The number of rotatable bonds is 5. The lowest BCUT2D eigenvalue weighted by molar-refractivity contribution is -0.121. The molecule has 0 aromatic heterocycles. The van der Waals surface area contributed by atoms with Gasteiger partial charge in [-0.05, 0) is 32.0 Å². The van der Waals surface area contributed by atoms with Gasteiger partial charge in [0.15, 0.2) is 0 Å². The minimum atomic E-state index is 0.0404. The lowest BCUT2D eigenvalue weighted by atomic mass is 10.3. The number of carbonyl (C=O) groups is 1. The molecular formula is C12H16BrClN2O. The smallest absolute Gasteiger partial charge is 0.221 e. The second-order valence-corrected chi connectivity index (χ2v) is 5.35. The summed E-state index contributed by atoms with van der Waals surface area (Å²) >= 11 is 9.38. The zero-order chi connectivity index (χ0) is 12.8. The summed E-state index contributed by atoms with van der Waals surface area (Å²) < 4.78 is 0.955. The summed E-state index contributed by atoms with van der Waals surface area (Å²) in [7, 11) is 0. The van der Waals surface area contributed by atoms with Crippen LogP contribution in [0, 0.1) is 0 Å². The van der Waals surface area contributed by atoms with E-state index in [0.717, 1.165) is 10.2 Å². The van der Waals surface area contributed by atoms with Crippen molar-refractivity contribution >= 4 is 39.1 Å². The Bertz CT molecular complexity index is 396. The van der Waals surface area contributed by atoms with E-state index in [9.17, 15) is 4.79 Å². The van der Waals surface area contributed by atoms with Gasteiger partial charge in [0.25, 0.3) is 0 Å². The fraction of sp³-hybridized carbons (Fsp3) is 0.417. The van der Waals surface area contributed by atoms with E-state index < -0.39 is 0 Å². The number of anilines is 1. The van der Waals surface area contributed by atoms with E-state index in [4.69, 9.17) is 11.6 Å². The number of amides is 1. The fourth-order valence-corrected chi connectivity index (χ4v) is 1.88. The Balaban J connectivity index is 2.40. The number of hydrogen-bond acceptors (Lipinski definition) is 2. The van der Waals surface area contributed by atoms with Crippen molar-refractivity contribution in [2.45, 2.75) is 26.3 Å². The van der Waals surface area contributed by atoms with Gasteiger partial charge in [0, 0.05) is 23.5 Å². The molecule has 1 aromatic rings. The van der Waals surface area contributed by atoms with Gasteiger partial charge in [-0.15, -0.1) is 0 Å². The topological polar surface area (TPSA) is 41.1 Å². The molecule has 0 saturated heterocycles. The monoisotopic (exact) mass is 318 g/mol. The molecule has 0 aliphatic heterocycles. The van der Waals surface area contributed by atoms with Crippen LogP contribution in [0.4, 0.5) is 5.69 Å². The summed E-state index contributed by atoms with van der Waals surface area (Å²) in [6, 6.07) is 5.75. The number of hydrogen-bond donors (Lipinski definition) is 2. The normalized spacial score (nSPS) is 10.4. The number of benzene rings is 1. The Kier molecular flexibility index (Phi) is 5.78. The lowest BCUT2D eigenvalue weighted by Gasteiger charge is -2.10. The van der Waals surface area contributed by atoms with Gasteiger partial charge < -0.3 is 10.6 Å².